The van der Waals surface area contributed by atoms with Crippen LogP contribution in [-0.2, 0) is 31.6 Å². The van der Waals surface area contributed by atoms with Crippen LogP contribution < -0.4 is 17.2 Å². The van der Waals surface area contributed by atoms with Crippen molar-refractivity contribution < 1.29 is 51.2 Å². The zero-order valence-electron chi connectivity index (χ0n) is 15.5. The standard InChI is InChI=1S/C12H19N4O12P3/c13-5-1-2-8-6-16(12(17)15-11(8)14)10-4-3-9(26-10)7-25-30(21,22)28-31(23,24)27-29(18,19)20/h6,9-10H,3-5,7,13H2,(H,21,22)(H,23,24)(H2,14,15,17)(H2,18,19,20)/t9-,10+/m1/s1. The van der Waals surface area contributed by atoms with Gasteiger partial charge in [-0.05, 0) is 12.8 Å². The molecular formula is C12H19N4O12P3. The van der Waals surface area contributed by atoms with E-state index in [9.17, 15) is 23.4 Å². The van der Waals surface area contributed by atoms with Gasteiger partial charge in [0.25, 0.3) is 0 Å². The molecule has 1 aromatic heterocycles. The zero-order valence-corrected chi connectivity index (χ0v) is 18.2. The van der Waals surface area contributed by atoms with Crippen molar-refractivity contribution in [2.24, 2.45) is 5.73 Å². The minimum atomic E-state index is -5.61. The van der Waals surface area contributed by atoms with Crippen molar-refractivity contribution in [1.82, 2.24) is 9.55 Å². The SMILES string of the molecule is NCC#Cc1cn([C@@H]2CC[C@H](COP(=O)(O)OP(=O)(O)OP(=O)(O)O)O2)c(=O)nc1N. The second kappa shape index (κ2) is 10.0. The lowest BCUT2D eigenvalue weighted by Crippen LogP contribution is -2.29. The van der Waals surface area contributed by atoms with Crippen LogP contribution >= 0.6 is 23.5 Å². The zero-order chi connectivity index (χ0) is 23.4. The van der Waals surface area contributed by atoms with Gasteiger partial charge in [-0.25, -0.2) is 18.5 Å². The number of nitrogens with zero attached hydrogens (tertiary/aromatic N) is 2. The minimum Gasteiger partial charge on any atom is -0.382 e. The molecule has 2 rings (SSSR count). The third kappa shape index (κ3) is 8.21. The Morgan fingerprint density at radius 1 is 1.19 bits per heavy atom. The Kier molecular flexibility index (Phi) is 8.34. The Balaban J connectivity index is 2.01. The number of nitrogens with two attached hydrogens (primary N) is 2. The normalized spacial score (nSPS) is 22.9. The summed E-state index contributed by atoms with van der Waals surface area (Å²) >= 11 is 0. The lowest BCUT2D eigenvalue weighted by atomic mass is 10.2. The molecule has 1 aromatic rings. The smallest absolute Gasteiger partial charge is 0.382 e. The summed E-state index contributed by atoms with van der Waals surface area (Å²) in [5, 5.41) is 0. The lowest BCUT2D eigenvalue weighted by molar-refractivity contribution is -0.0242. The molecule has 174 valence electrons. The van der Waals surface area contributed by atoms with E-state index in [4.69, 9.17) is 30.9 Å². The fourth-order valence-electron chi connectivity index (χ4n) is 2.42. The number of nitrogen functional groups attached to an aromatic ring is 1. The van der Waals surface area contributed by atoms with Gasteiger partial charge in [-0.3, -0.25) is 9.09 Å². The predicted molar refractivity (Wildman–Crippen MR) is 102 cm³/mol. The number of ether oxygens (including phenoxy) is 1. The van der Waals surface area contributed by atoms with E-state index in [0.29, 0.717) is 0 Å². The largest absolute Gasteiger partial charge is 0.490 e. The first-order valence-corrected chi connectivity index (χ1v) is 12.7. The Morgan fingerprint density at radius 2 is 1.87 bits per heavy atom. The lowest BCUT2D eigenvalue weighted by Gasteiger charge is -2.19. The molecule has 1 saturated heterocycles. The summed E-state index contributed by atoms with van der Waals surface area (Å²) < 4.78 is 52.0. The number of anilines is 1. The second-order valence-electron chi connectivity index (χ2n) is 5.91. The molecule has 2 unspecified atom stereocenters. The molecule has 0 spiro atoms. The van der Waals surface area contributed by atoms with Crippen molar-refractivity contribution in [3.05, 3.63) is 22.2 Å². The summed E-state index contributed by atoms with van der Waals surface area (Å²) in [6, 6.07) is 0. The quantitative estimate of drug-likeness (QED) is 0.186. The molecule has 1 aliphatic rings. The number of rotatable bonds is 8. The van der Waals surface area contributed by atoms with Gasteiger partial charge in [0.05, 0.1) is 24.8 Å². The van der Waals surface area contributed by atoms with E-state index in [0.717, 1.165) is 4.57 Å². The molecule has 0 saturated carbocycles. The summed E-state index contributed by atoms with van der Waals surface area (Å²) in [5.41, 5.74) is 10.4. The second-order valence-corrected chi connectivity index (χ2v) is 10.3. The van der Waals surface area contributed by atoms with E-state index in [2.05, 4.69) is 30.0 Å². The van der Waals surface area contributed by atoms with Crippen molar-refractivity contribution in [3.63, 3.8) is 0 Å². The molecule has 4 atom stereocenters. The molecule has 19 heteroatoms. The van der Waals surface area contributed by atoms with Crippen LogP contribution in [0.25, 0.3) is 0 Å². The molecule has 31 heavy (non-hydrogen) atoms. The van der Waals surface area contributed by atoms with Crippen LogP contribution in [-0.4, -0.2) is 48.4 Å². The molecule has 16 nitrogen and oxygen atoms in total. The molecule has 2 heterocycles. The third-order valence-corrected chi connectivity index (χ3v) is 7.34. The fourth-order valence-corrected chi connectivity index (χ4v) is 5.47. The summed E-state index contributed by atoms with van der Waals surface area (Å²) in [6.07, 6.45) is 0.134. The molecule has 0 aliphatic carbocycles. The molecule has 0 aromatic carbocycles. The average molecular weight is 504 g/mol. The van der Waals surface area contributed by atoms with Crippen LogP contribution in [0, 0.1) is 11.8 Å². The summed E-state index contributed by atoms with van der Waals surface area (Å²) in [6.45, 7) is -0.571. The van der Waals surface area contributed by atoms with Crippen LogP contribution in [0.1, 0.15) is 24.6 Å². The van der Waals surface area contributed by atoms with Crippen molar-refractivity contribution in [2.75, 3.05) is 18.9 Å². The molecule has 8 N–H and O–H groups in total. The molecule has 0 bridgehead atoms. The van der Waals surface area contributed by atoms with Crippen molar-refractivity contribution in [1.29, 1.82) is 0 Å². The maximum atomic E-state index is 12.1. The molecule has 0 amide bonds. The number of hydrogen-bond donors (Lipinski definition) is 6. The molecule has 1 fully saturated rings. The highest BCUT2D eigenvalue weighted by Crippen LogP contribution is 2.66. The molecule has 1 aliphatic heterocycles. The fraction of sp³-hybridized carbons (Fsp3) is 0.500. The first-order chi connectivity index (χ1) is 14.2. The van der Waals surface area contributed by atoms with E-state index < -0.39 is 48.1 Å². The highest BCUT2D eigenvalue weighted by Gasteiger charge is 2.41. The number of phosphoric ester groups is 1. The number of hydrogen-bond acceptors (Lipinski definition) is 11. The van der Waals surface area contributed by atoms with Gasteiger partial charge in [0.15, 0.2) is 0 Å². The van der Waals surface area contributed by atoms with Gasteiger partial charge in [-0.1, -0.05) is 11.8 Å². The first-order valence-electron chi connectivity index (χ1n) is 8.23. The summed E-state index contributed by atoms with van der Waals surface area (Å²) in [5.74, 6) is 5.13. The van der Waals surface area contributed by atoms with E-state index in [1.165, 1.54) is 6.20 Å². The molecular weight excluding hydrogens is 485 g/mol. The van der Waals surface area contributed by atoms with Crippen molar-refractivity contribution in [3.8, 4) is 11.8 Å². The van der Waals surface area contributed by atoms with Gasteiger partial charge in [0.1, 0.15) is 12.0 Å². The van der Waals surface area contributed by atoms with Crippen LogP contribution in [0.2, 0.25) is 0 Å². The van der Waals surface area contributed by atoms with Crippen LogP contribution in [0.15, 0.2) is 11.0 Å². The average Bonchev–Trinajstić information content (AvgIpc) is 3.05. The van der Waals surface area contributed by atoms with Gasteiger partial charge >= 0.3 is 29.2 Å². The maximum Gasteiger partial charge on any atom is 0.490 e. The van der Waals surface area contributed by atoms with Gasteiger partial charge in [-0.15, -0.1) is 0 Å². The van der Waals surface area contributed by atoms with Gasteiger partial charge < -0.3 is 35.8 Å². The minimum absolute atomic E-state index is 0.0567. The summed E-state index contributed by atoms with van der Waals surface area (Å²) in [7, 11) is -16.4. The Labute approximate surface area is 174 Å². The first kappa shape index (κ1) is 25.8. The number of phosphoric acid groups is 3. The Bertz CT molecular complexity index is 1070. The van der Waals surface area contributed by atoms with E-state index in [1.54, 1.807) is 0 Å². The van der Waals surface area contributed by atoms with Crippen molar-refractivity contribution in [2.45, 2.75) is 25.2 Å². The predicted octanol–water partition coefficient (Wildman–Crippen LogP) is -0.843. The van der Waals surface area contributed by atoms with E-state index in [1.807, 2.05) is 0 Å². The maximum absolute atomic E-state index is 12.1. The summed E-state index contributed by atoms with van der Waals surface area (Å²) in [4.78, 5) is 51.3. The Hall–Kier alpha value is -1.43. The highest BCUT2D eigenvalue weighted by molar-refractivity contribution is 7.66. The van der Waals surface area contributed by atoms with E-state index >= 15 is 0 Å². The van der Waals surface area contributed by atoms with Crippen LogP contribution in [0.4, 0.5) is 5.82 Å². The number of aromatic nitrogens is 2. The van der Waals surface area contributed by atoms with Crippen LogP contribution in [0.5, 0.6) is 0 Å². The van der Waals surface area contributed by atoms with Gasteiger partial charge in [0, 0.05) is 6.20 Å². The van der Waals surface area contributed by atoms with E-state index in [-0.39, 0.29) is 30.8 Å². The Morgan fingerprint density at radius 3 is 2.48 bits per heavy atom. The molecule has 0 radical (unpaired) electrons. The van der Waals surface area contributed by atoms with Gasteiger partial charge in [-0.2, -0.15) is 13.6 Å². The monoisotopic (exact) mass is 504 g/mol. The topological polar surface area (TPSA) is 256 Å². The third-order valence-electron chi connectivity index (χ3n) is 3.54. The van der Waals surface area contributed by atoms with Crippen LogP contribution in [0.3, 0.4) is 0 Å². The van der Waals surface area contributed by atoms with Gasteiger partial charge in [0.2, 0.25) is 0 Å². The van der Waals surface area contributed by atoms with Crippen molar-refractivity contribution >= 4 is 29.3 Å². The highest BCUT2D eigenvalue weighted by atomic mass is 31.3.